The van der Waals surface area contributed by atoms with E-state index in [4.69, 9.17) is 16.8 Å². The Kier molecular flexibility index (Phi) is 4.33. The van der Waals surface area contributed by atoms with Gasteiger partial charge < -0.3 is 5.21 Å². The maximum absolute atomic E-state index is 9.70. The zero-order chi connectivity index (χ0) is 16.4. The molecule has 0 aromatic heterocycles. The van der Waals surface area contributed by atoms with Gasteiger partial charge in [-0.2, -0.15) is 5.26 Å². The van der Waals surface area contributed by atoms with E-state index in [9.17, 15) is 5.26 Å². The number of benzene rings is 2. The highest BCUT2D eigenvalue weighted by Crippen LogP contribution is 2.35. The lowest BCUT2D eigenvalue weighted by molar-refractivity contribution is 0.320. The third-order valence-electron chi connectivity index (χ3n) is 3.58. The van der Waals surface area contributed by atoms with Crippen LogP contribution in [-0.4, -0.2) is 10.9 Å². The summed E-state index contributed by atoms with van der Waals surface area (Å²) < 4.78 is 0.562. The molecule has 0 aliphatic heterocycles. The van der Waals surface area contributed by atoms with Crippen molar-refractivity contribution in [2.45, 2.75) is 0 Å². The van der Waals surface area contributed by atoms with E-state index in [1.807, 2.05) is 42.5 Å². The second kappa shape index (κ2) is 6.41. The molecule has 0 heterocycles. The summed E-state index contributed by atoms with van der Waals surface area (Å²) >= 11 is 9.62. The van der Waals surface area contributed by atoms with Crippen LogP contribution in [0.4, 0.5) is 0 Å². The van der Waals surface area contributed by atoms with Crippen LogP contribution in [0.2, 0.25) is 0 Å². The highest BCUT2D eigenvalue weighted by molar-refractivity contribution is 9.12. The van der Waals surface area contributed by atoms with Crippen LogP contribution in [0, 0.1) is 11.3 Å². The average molecular weight is 386 g/mol. The molecule has 0 fully saturated rings. The van der Waals surface area contributed by atoms with Gasteiger partial charge in [-0.05, 0) is 38.9 Å². The lowest BCUT2D eigenvalue weighted by Gasteiger charge is -2.13. The minimum atomic E-state index is 0.314. The number of nitrogens with zero attached hydrogens (tertiary/aromatic N) is 2. The van der Waals surface area contributed by atoms with E-state index >= 15 is 0 Å². The number of halogens is 2. The minimum Gasteiger partial charge on any atom is -0.410 e. The largest absolute Gasteiger partial charge is 0.410 e. The van der Waals surface area contributed by atoms with Gasteiger partial charge in [0.15, 0.2) is 0 Å². The lowest BCUT2D eigenvalue weighted by Crippen LogP contribution is -2.03. The van der Waals surface area contributed by atoms with Crippen molar-refractivity contribution < 1.29 is 5.21 Å². The SMILES string of the molecule is N#C/C(=C1/C=C(Br)C(=NO)C=C1Cl)c1cccc2ccccc12. The molecule has 112 valence electrons. The summed E-state index contributed by atoms with van der Waals surface area (Å²) in [5, 5.41) is 24.2. The molecule has 0 saturated heterocycles. The Morgan fingerprint density at radius 1 is 1.13 bits per heavy atom. The van der Waals surface area contributed by atoms with Crippen LogP contribution in [-0.2, 0) is 0 Å². The van der Waals surface area contributed by atoms with Crippen molar-refractivity contribution in [1.29, 1.82) is 5.26 Å². The Labute approximate surface area is 146 Å². The number of nitriles is 1. The monoisotopic (exact) mass is 384 g/mol. The van der Waals surface area contributed by atoms with E-state index in [-0.39, 0.29) is 0 Å². The van der Waals surface area contributed by atoms with E-state index < -0.39 is 0 Å². The molecule has 0 saturated carbocycles. The Balaban J connectivity index is 2.30. The molecule has 0 spiro atoms. The molecule has 0 amide bonds. The van der Waals surface area contributed by atoms with Crippen LogP contribution >= 0.6 is 27.5 Å². The van der Waals surface area contributed by atoms with Gasteiger partial charge >= 0.3 is 0 Å². The summed E-state index contributed by atoms with van der Waals surface area (Å²) in [6, 6.07) is 15.9. The van der Waals surface area contributed by atoms with Crippen molar-refractivity contribution in [2.75, 3.05) is 0 Å². The number of hydrogen-bond acceptors (Lipinski definition) is 3. The van der Waals surface area contributed by atoms with Gasteiger partial charge in [-0.15, -0.1) is 0 Å². The third-order valence-corrected chi connectivity index (χ3v) is 4.53. The molecule has 3 rings (SSSR count). The van der Waals surface area contributed by atoms with Gasteiger partial charge in [0, 0.05) is 15.6 Å². The van der Waals surface area contributed by atoms with E-state index in [0.717, 1.165) is 16.3 Å². The molecule has 1 aliphatic carbocycles. The summed E-state index contributed by atoms with van der Waals surface area (Å²) in [7, 11) is 0. The van der Waals surface area contributed by atoms with Crippen molar-refractivity contribution >= 4 is 49.6 Å². The van der Waals surface area contributed by atoms with Crippen molar-refractivity contribution in [3.8, 4) is 6.07 Å². The number of hydrogen-bond donors (Lipinski definition) is 1. The van der Waals surface area contributed by atoms with E-state index in [1.54, 1.807) is 6.08 Å². The molecule has 23 heavy (non-hydrogen) atoms. The van der Waals surface area contributed by atoms with Gasteiger partial charge in [0.2, 0.25) is 0 Å². The molecule has 5 heteroatoms. The first-order chi connectivity index (χ1) is 11.2. The molecule has 0 radical (unpaired) electrons. The smallest absolute Gasteiger partial charge is 0.118 e. The highest BCUT2D eigenvalue weighted by Gasteiger charge is 2.19. The molecule has 0 bridgehead atoms. The maximum atomic E-state index is 9.70. The zero-order valence-corrected chi connectivity index (χ0v) is 14.1. The lowest BCUT2D eigenvalue weighted by atomic mass is 9.93. The maximum Gasteiger partial charge on any atom is 0.118 e. The van der Waals surface area contributed by atoms with Crippen molar-refractivity contribution in [1.82, 2.24) is 0 Å². The van der Waals surface area contributed by atoms with Gasteiger partial charge in [-0.1, -0.05) is 59.2 Å². The molecule has 2 aromatic carbocycles. The second-order valence-electron chi connectivity index (χ2n) is 4.90. The van der Waals surface area contributed by atoms with Crippen LogP contribution in [0.15, 0.2) is 74.9 Å². The van der Waals surface area contributed by atoms with Gasteiger partial charge in [0.25, 0.3) is 0 Å². The summed E-state index contributed by atoms with van der Waals surface area (Å²) in [5.74, 6) is 0. The first-order valence-corrected chi connectivity index (χ1v) is 7.92. The Morgan fingerprint density at radius 3 is 2.61 bits per heavy atom. The molecule has 3 nitrogen and oxygen atoms in total. The van der Waals surface area contributed by atoms with Crippen LogP contribution in [0.5, 0.6) is 0 Å². The van der Waals surface area contributed by atoms with Gasteiger partial charge in [-0.25, -0.2) is 0 Å². The highest BCUT2D eigenvalue weighted by atomic mass is 79.9. The molecule has 1 aliphatic rings. The quantitative estimate of drug-likeness (QED) is 0.408. The molecule has 0 unspecified atom stereocenters. The van der Waals surface area contributed by atoms with Gasteiger partial charge in [0.1, 0.15) is 11.8 Å². The normalized spacial score (nSPS) is 18.4. The standard InChI is InChI=1S/C18H10BrClN2O/c19-16-8-14(17(20)9-18(16)22-23)15(10-21)13-7-3-5-11-4-1-2-6-12(11)13/h1-9,23H/b15-14+,22-18?. The van der Waals surface area contributed by atoms with Crippen LogP contribution in [0.1, 0.15) is 5.56 Å². The molecule has 1 N–H and O–H groups in total. The van der Waals surface area contributed by atoms with Crippen molar-refractivity contribution in [2.24, 2.45) is 5.16 Å². The van der Waals surface area contributed by atoms with Crippen molar-refractivity contribution in [3.05, 3.63) is 75.3 Å². The van der Waals surface area contributed by atoms with Crippen LogP contribution < -0.4 is 0 Å². The fourth-order valence-corrected chi connectivity index (χ4v) is 3.19. The van der Waals surface area contributed by atoms with Gasteiger partial charge in [0.05, 0.1) is 10.6 Å². The zero-order valence-electron chi connectivity index (χ0n) is 11.8. The molecule has 2 aromatic rings. The fourth-order valence-electron chi connectivity index (χ4n) is 2.51. The van der Waals surface area contributed by atoms with Crippen molar-refractivity contribution in [3.63, 3.8) is 0 Å². The Bertz CT molecular complexity index is 959. The fraction of sp³-hybridized carbons (Fsp3) is 0. The molecular formula is C18H10BrClN2O. The number of fused-ring (bicyclic) bond motifs is 1. The summed E-state index contributed by atoms with van der Waals surface area (Å²) in [6.45, 7) is 0. The second-order valence-corrected chi connectivity index (χ2v) is 6.16. The van der Waals surface area contributed by atoms with E-state index in [1.165, 1.54) is 6.08 Å². The average Bonchev–Trinajstić information content (AvgIpc) is 2.58. The van der Waals surface area contributed by atoms with E-state index in [2.05, 4.69) is 27.2 Å². The summed E-state index contributed by atoms with van der Waals surface area (Å²) in [5.41, 5.74) is 2.18. The predicted octanol–water partition coefficient (Wildman–Crippen LogP) is 5.36. The molecular weight excluding hydrogens is 376 g/mol. The number of oxime groups is 1. The Morgan fingerprint density at radius 2 is 1.87 bits per heavy atom. The number of allylic oxidation sites excluding steroid dienone is 6. The minimum absolute atomic E-state index is 0.314. The van der Waals surface area contributed by atoms with Crippen LogP contribution in [0.3, 0.4) is 0 Å². The summed E-state index contributed by atoms with van der Waals surface area (Å²) in [4.78, 5) is 0. The predicted molar refractivity (Wildman–Crippen MR) is 96.6 cm³/mol. The van der Waals surface area contributed by atoms with Crippen LogP contribution in [0.25, 0.3) is 16.3 Å². The topological polar surface area (TPSA) is 56.4 Å². The molecule has 0 atom stereocenters. The van der Waals surface area contributed by atoms with E-state index in [0.29, 0.717) is 26.4 Å². The third kappa shape index (κ3) is 2.81. The Hall–Kier alpha value is -2.35. The first-order valence-electron chi connectivity index (χ1n) is 6.75. The number of rotatable bonds is 1. The van der Waals surface area contributed by atoms with Gasteiger partial charge in [-0.3, -0.25) is 0 Å². The first kappa shape index (κ1) is 15.5. The summed E-state index contributed by atoms with van der Waals surface area (Å²) in [6.07, 6.45) is 3.21.